The van der Waals surface area contributed by atoms with Crippen LogP contribution < -0.4 is 10.2 Å². The maximum Gasteiger partial charge on any atom is 0.0412 e. The molecule has 1 aromatic carbocycles. The number of aryl methyl sites for hydroxylation is 1. The van der Waals surface area contributed by atoms with Crippen molar-refractivity contribution in [3.8, 4) is 0 Å². The van der Waals surface area contributed by atoms with Crippen LogP contribution in [0.1, 0.15) is 43.7 Å². The van der Waals surface area contributed by atoms with Gasteiger partial charge in [-0.15, -0.1) is 0 Å². The fourth-order valence-corrected chi connectivity index (χ4v) is 2.70. The fourth-order valence-electron chi connectivity index (χ4n) is 2.70. The van der Waals surface area contributed by atoms with E-state index < -0.39 is 0 Å². The lowest BCUT2D eigenvalue weighted by atomic mass is 10.0. The van der Waals surface area contributed by atoms with Crippen LogP contribution in [0, 0.1) is 6.92 Å². The zero-order valence-electron chi connectivity index (χ0n) is 11.8. The molecule has 100 valence electrons. The number of hydrogen-bond donors (Lipinski definition) is 1. The highest BCUT2D eigenvalue weighted by Gasteiger charge is 2.14. The van der Waals surface area contributed by atoms with E-state index in [0.29, 0.717) is 0 Å². The molecule has 0 aliphatic carbocycles. The molecule has 1 aliphatic heterocycles. The van der Waals surface area contributed by atoms with Gasteiger partial charge in [0.1, 0.15) is 0 Å². The Kier molecular flexibility index (Phi) is 5.06. The second kappa shape index (κ2) is 6.79. The second-order valence-corrected chi connectivity index (χ2v) is 5.36. The first kappa shape index (κ1) is 13.4. The summed E-state index contributed by atoms with van der Waals surface area (Å²) in [7, 11) is 0. The van der Waals surface area contributed by atoms with Gasteiger partial charge in [0.2, 0.25) is 0 Å². The summed E-state index contributed by atoms with van der Waals surface area (Å²) in [4.78, 5) is 2.56. The van der Waals surface area contributed by atoms with Gasteiger partial charge in [0.25, 0.3) is 0 Å². The third-order valence-corrected chi connectivity index (χ3v) is 3.67. The van der Waals surface area contributed by atoms with Gasteiger partial charge in [-0.3, -0.25) is 0 Å². The first-order valence-corrected chi connectivity index (χ1v) is 7.36. The summed E-state index contributed by atoms with van der Waals surface area (Å²) in [5, 5.41) is 3.53. The SMILES string of the molecule is CCCNCc1cc(C)ccc1N1CCCCC1. The van der Waals surface area contributed by atoms with E-state index in [9.17, 15) is 0 Å². The van der Waals surface area contributed by atoms with Crippen LogP contribution >= 0.6 is 0 Å². The molecule has 1 saturated heterocycles. The molecule has 2 heteroatoms. The lowest BCUT2D eigenvalue weighted by Gasteiger charge is -2.31. The lowest BCUT2D eigenvalue weighted by Crippen LogP contribution is -2.31. The normalized spacial score (nSPS) is 16.0. The van der Waals surface area contributed by atoms with Gasteiger partial charge >= 0.3 is 0 Å². The van der Waals surface area contributed by atoms with Crippen molar-refractivity contribution in [2.75, 3.05) is 24.5 Å². The van der Waals surface area contributed by atoms with Gasteiger partial charge in [-0.1, -0.05) is 24.6 Å². The highest BCUT2D eigenvalue weighted by atomic mass is 15.1. The number of rotatable bonds is 5. The average molecular weight is 246 g/mol. The number of benzene rings is 1. The van der Waals surface area contributed by atoms with Gasteiger partial charge in [0, 0.05) is 25.3 Å². The molecule has 18 heavy (non-hydrogen) atoms. The van der Waals surface area contributed by atoms with Crippen molar-refractivity contribution in [2.45, 2.75) is 46.1 Å². The van der Waals surface area contributed by atoms with E-state index in [1.165, 1.54) is 55.6 Å². The van der Waals surface area contributed by atoms with Crippen LogP contribution in [0.3, 0.4) is 0 Å². The van der Waals surface area contributed by atoms with E-state index >= 15 is 0 Å². The molecule has 0 saturated carbocycles. The van der Waals surface area contributed by atoms with Gasteiger partial charge in [0.15, 0.2) is 0 Å². The van der Waals surface area contributed by atoms with Crippen molar-refractivity contribution < 1.29 is 0 Å². The van der Waals surface area contributed by atoms with Crippen molar-refractivity contribution in [1.82, 2.24) is 5.32 Å². The van der Waals surface area contributed by atoms with Crippen LogP contribution in [0.15, 0.2) is 18.2 Å². The molecule has 1 fully saturated rings. The molecule has 1 N–H and O–H groups in total. The molecule has 2 nitrogen and oxygen atoms in total. The number of hydrogen-bond acceptors (Lipinski definition) is 2. The third kappa shape index (κ3) is 3.49. The number of nitrogens with one attached hydrogen (secondary N) is 1. The van der Waals surface area contributed by atoms with Crippen LogP contribution in [-0.4, -0.2) is 19.6 Å². The van der Waals surface area contributed by atoms with E-state index in [-0.39, 0.29) is 0 Å². The zero-order valence-corrected chi connectivity index (χ0v) is 11.8. The van der Waals surface area contributed by atoms with Crippen LogP contribution in [0.4, 0.5) is 5.69 Å². The minimum Gasteiger partial charge on any atom is -0.371 e. The number of piperidine rings is 1. The molecule has 1 heterocycles. The molecule has 0 amide bonds. The predicted molar refractivity (Wildman–Crippen MR) is 79.2 cm³/mol. The largest absolute Gasteiger partial charge is 0.371 e. The van der Waals surface area contributed by atoms with Crippen LogP contribution in [-0.2, 0) is 6.54 Å². The number of anilines is 1. The van der Waals surface area contributed by atoms with Crippen molar-refractivity contribution >= 4 is 5.69 Å². The summed E-state index contributed by atoms with van der Waals surface area (Å²) in [5.74, 6) is 0. The molecule has 0 spiro atoms. The second-order valence-electron chi connectivity index (χ2n) is 5.36. The van der Waals surface area contributed by atoms with Crippen LogP contribution in [0.5, 0.6) is 0 Å². The Morgan fingerprint density at radius 1 is 1.17 bits per heavy atom. The maximum absolute atomic E-state index is 3.53. The monoisotopic (exact) mass is 246 g/mol. The third-order valence-electron chi connectivity index (χ3n) is 3.67. The fraction of sp³-hybridized carbons (Fsp3) is 0.625. The van der Waals surface area contributed by atoms with E-state index in [1.54, 1.807) is 0 Å². The Bertz CT molecular complexity index is 367. The molecule has 1 aliphatic rings. The molecule has 0 bridgehead atoms. The van der Waals surface area contributed by atoms with E-state index in [0.717, 1.165) is 13.1 Å². The molecular formula is C16H26N2. The average Bonchev–Trinajstić information content (AvgIpc) is 2.40. The Hall–Kier alpha value is -1.02. The van der Waals surface area contributed by atoms with Gasteiger partial charge in [0.05, 0.1) is 0 Å². The van der Waals surface area contributed by atoms with Crippen LogP contribution in [0.2, 0.25) is 0 Å². The lowest BCUT2D eigenvalue weighted by molar-refractivity contribution is 0.574. The quantitative estimate of drug-likeness (QED) is 0.800. The van der Waals surface area contributed by atoms with Crippen molar-refractivity contribution in [1.29, 1.82) is 0 Å². The van der Waals surface area contributed by atoms with Crippen LogP contribution in [0.25, 0.3) is 0 Å². The maximum atomic E-state index is 3.53. The van der Waals surface area contributed by atoms with E-state index in [1.807, 2.05) is 0 Å². The summed E-state index contributed by atoms with van der Waals surface area (Å²) in [6.07, 6.45) is 5.28. The Morgan fingerprint density at radius 2 is 1.94 bits per heavy atom. The summed E-state index contributed by atoms with van der Waals surface area (Å²) >= 11 is 0. The Balaban J connectivity index is 2.11. The van der Waals surface area contributed by atoms with Gasteiger partial charge in [-0.25, -0.2) is 0 Å². The molecule has 0 unspecified atom stereocenters. The summed E-state index contributed by atoms with van der Waals surface area (Å²) in [5.41, 5.74) is 4.28. The molecule has 0 radical (unpaired) electrons. The highest BCUT2D eigenvalue weighted by Crippen LogP contribution is 2.25. The first-order valence-electron chi connectivity index (χ1n) is 7.36. The molecule has 0 atom stereocenters. The van der Waals surface area contributed by atoms with Gasteiger partial charge in [-0.05, 0) is 50.8 Å². The van der Waals surface area contributed by atoms with E-state index in [2.05, 4.69) is 42.3 Å². The van der Waals surface area contributed by atoms with Gasteiger partial charge in [-0.2, -0.15) is 0 Å². The van der Waals surface area contributed by atoms with Gasteiger partial charge < -0.3 is 10.2 Å². The summed E-state index contributed by atoms with van der Waals surface area (Å²) in [6, 6.07) is 6.89. The van der Waals surface area contributed by atoms with E-state index in [4.69, 9.17) is 0 Å². The molecule has 1 aromatic rings. The van der Waals surface area contributed by atoms with Crippen molar-refractivity contribution in [2.24, 2.45) is 0 Å². The summed E-state index contributed by atoms with van der Waals surface area (Å²) in [6.45, 7) is 8.96. The first-order chi connectivity index (χ1) is 8.81. The predicted octanol–water partition coefficient (Wildman–Crippen LogP) is 3.48. The standard InChI is InChI=1S/C16H26N2/c1-3-9-17-13-15-12-14(2)7-8-16(15)18-10-5-4-6-11-18/h7-8,12,17H,3-6,9-11,13H2,1-2H3. The topological polar surface area (TPSA) is 15.3 Å². The molecule has 2 rings (SSSR count). The highest BCUT2D eigenvalue weighted by molar-refractivity contribution is 5.55. The summed E-state index contributed by atoms with van der Waals surface area (Å²) < 4.78 is 0. The Morgan fingerprint density at radius 3 is 2.67 bits per heavy atom. The van der Waals surface area contributed by atoms with Crippen molar-refractivity contribution in [3.63, 3.8) is 0 Å². The molecular weight excluding hydrogens is 220 g/mol. The Labute approximate surface area is 111 Å². The smallest absolute Gasteiger partial charge is 0.0412 e. The number of nitrogens with zero attached hydrogens (tertiary/aromatic N) is 1. The zero-order chi connectivity index (χ0) is 12.8. The minimum atomic E-state index is 1.00. The van der Waals surface area contributed by atoms with Crippen molar-refractivity contribution in [3.05, 3.63) is 29.3 Å². The molecule has 0 aromatic heterocycles. The minimum absolute atomic E-state index is 1.00.